The number of hydrogen-bond acceptors (Lipinski definition) is 4. The number of primary amides is 1. The summed E-state index contributed by atoms with van der Waals surface area (Å²) in [4.78, 5) is 34.4. The van der Waals surface area contributed by atoms with E-state index in [-0.39, 0.29) is 23.3 Å². The van der Waals surface area contributed by atoms with Crippen molar-refractivity contribution in [3.8, 4) is 0 Å². The lowest BCUT2D eigenvalue weighted by atomic mass is 9.95. The first-order chi connectivity index (χ1) is 11.4. The molecule has 1 aromatic carbocycles. The van der Waals surface area contributed by atoms with E-state index in [9.17, 15) is 14.0 Å². The van der Waals surface area contributed by atoms with Gasteiger partial charge in [-0.05, 0) is 32.8 Å². The van der Waals surface area contributed by atoms with Gasteiger partial charge in [0.25, 0.3) is 5.91 Å². The Morgan fingerprint density at radius 1 is 1.17 bits per heavy atom. The summed E-state index contributed by atoms with van der Waals surface area (Å²) >= 11 is 0. The maximum Gasteiger partial charge on any atom is 0.256 e. The summed E-state index contributed by atoms with van der Waals surface area (Å²) in [5.74, 6) is -1.35. The fraction of sp³-hybridized carbons (Fsp3) is 0.412. The van der Waals surface area contributed by atoms with Crippen LogP contribution in [0.25, 0.3) is 11.0 Å². The summed E-state index contributed by atoms with van der Waals surface area (Å²) in [5.41, 5.74) is 7.70. The van der Waals surface area contributed by atoms with Gasteiger partial charge in [-0.25, -0.2) is 14.4 Å². The minimum Gasteiger partial charge on any atom is -0.369 e. The van der Waals surface area contributed by atoms with E-state index < -0.39 is 5.82 Å². The van der Waals surface area contributed by atoms with Gasteiger partial charge in [0.2, 0.25) is 5.91 Å². The van der Waals surface area contributed by atoms with Crippen molar-refractivity contribution in [3.63, 3.8) is 0 Å². The first-order valence-electron chi connectivity index (χ1n) is 7.90. The van der Waals surface area contributed by atoms with E-state index in [4.69, 9.17) is 5.73 Å². The molecule has 0 unspecified atom stereocenters. The lowest BCUT2D eigenvalue weighted by Crippen LogP contribution is -2.41. The van der Waals surface area contributed by atoms with E-state index in [0.29, 0.717) is 48.4 Å². The minimum atomic E-state index is -0.518. The molecule has 0 bridgehead atoms. The second-order valence-electron chi connectivity index (χ2n) is 6.18. The number of nitrogens with two attached hydrogens (primary N) is 1. The normalized spacial score (nSPS) is 15.7. The summed E-state index contributed by atoms with van der Waals surface area (Å²) in [6.45, 7) is 4.44. The number of benzene rings is 1. The van der Waals surface area contributed by atoms with Crippen LogP contribution in [0.3, 0.4) is 0 Å². The molecule has 7 heteroatoms. The van der Waals surface area contributed by atoms with Crippen LogP contribution < -0.4 is 5.73 Å². The SMILES string of the molecule is Cc1nc2cc(F)cc(C(=O)N3CCC(C(N)=O)CC3)c2nc1C. The number of hydrogen-bond donors (Lipinski definition) is 1. The molecule has 24 heavy (non-hydrogen) atoms. The lowest BCUT2D eigenvalue weighted by molar-refractivity contribution is -0.123. The van der Waals surface area contributed by atoms with Crippen LogP contribution in [0.2, 0.25) is 0 Å². The number of nitrogens with zero attached hydrogens (tertiary/aromatic N) is 3. The maximum absolute atomic E-state index is 13.9. The van der Waals surface area contributed by atoms with E-state index in [2.05, 4.69) is 9.97 Å². The second kappa shape index (κ2) is 6.14. The maximum atomic E-state index is 13.9. The molecule has 0 saturated carbocycles. The van der Waals surface area contributed by atoms with Gasteiger partial charge in [-0.1, -0.05) is 0 Å². The van der Waals surface area contributed by atoms with Gasteiger partial charge in [0.1, 0.15) is 11.3 Å². The highest BCUT2D eigenvalue weighted by Gasteiger charge is 2.28. The molecule has 3 rings (SSSR count). The zero-order chi connectivity index (χ0) is 17.4. The van der Waals surface area contributed by atoms with Gasteiger partial charge in [-0.15, -0.1) is 0 Å². The van der Waals surface area contributed by atoms with Crippen molar-refractivity contribution < 1.29 is 14.0 Å². The zero-order valence-corrected chi connectivity index (χ0v) is 13.7. The van der Waals surface area contributed by atoms with Crippen molar-refractivity contribution >= 4 is 22.8 Å². The highest BCUT2D eigenvalue weighted by molar-refractivity contribution is 6.04. The van der Waals surface area contributed by atoms with E-state index in [1.54, 1.807) is 18.7 Å². The summed E-state index contributed by atoms with van der Waals surface area (Å²) in [5, 5.41) is 0. The topological polar surface area (TPSA) is 89.2 Å². The molecular weight excluding hydrogens is 311 g/mol. The van der Waals surface area contributed by atoms with Crippen LogP contribution in [0.4, 0.5) is 4.39 Å². The van der Waals surface area contributed by atoms with Gasteiger partial charge in [0.15, 0.2) is 0 Å². The van der Waals surface area contributed by atoms with Gasteiger partial charge >= 0.3 is 0 Å². The average Bonchev–Trinajstić information content (AvgIpc) is 2.55. The van der Waals surface area contributed by atoms with Crippen LogP contribution in [0.5, 0.6) is 0 Å². The fourth-order valence-electron chi connectivity index (χ4n) is 3.00. The number of piperidine rings is 1. The molecule has 0 spiro atoms. The highest BCUT2D eigenvalue weighted by Crippen LogP contribution is 2.23. The van der Waals surface area contributed by atoms with Crippen LogP contribution in [0, 0.1) is 25.6 Å². The largest absolute Gasteiger partial charge is 0.369 e. The summed E-state index contributed by atoms with van der Waals surface area (Å²) in [6, 6.07) is 2.49. The Kier molecular flexibility index (Phi) is 4.17. The van der Waals surface area contributed by atoms with Crippen LogP contribution in [-0.2, 0) is 4.79 Å². The Hall–Kier alpha value is -2.57. The van der Waals surface area contributed by atoms with E-state index in [0.717, 1.165) is 0 Å². The van der Waals surface area contributed by atoms with Crippen LogP contribution in [0.15, 0.2) is 12.1 Å². The first-order valence-corrected chi connectivity index (χ1v) is 7.90. The number of aryl methyl sites for hydroxylation is 2. The molecule has 0 aliphatic carbocycles. The molecule has 1 aromatic heterocycles. The molecule has 0 radical (unpaired) electrons. The number of likely N-dealkylation sites (tertiary alicyclic amines) is 1. The molecule has 1 aliphatic rings. The number of fused-ring (bicyclic) bond motifs is 1. The number of rotatable bonds is 2. The predicted octanol–water partition coefficient (Wildman–Crippen LogP) is 1.72. The van der Waals surface area contributed by atoms with Crippen molar-refractivity contribution in [2.24, 2.45) is 11.7 Å². The third-order valence-electron chi connectivity index (χ3n) is 4.56. The van der Waals surface area contributed by atoms with E-state index >= 15 is 0 Å². The van der Waals surface area contributed by atoms with E-state index in [1.807, 2.05) is 0 Å². The van der Waals surface area contributed by atoms with Gasteiger partial charge in [0.05, 0.1) is 22.5 Å². The highest BCUT2D eigenvalue weighted by atomic mass is 19.1. The third-order valence-corrected chi connectivity index (χ3v) is 4.56. The Balaban J connectivity index is 1.95. The minimum absolute atomic E-state index is 0.206. The van der Waals surface area contributed by atoms with Crippen LogP contribution >= 0.6 is 0 Å². The van der Waals surface area contributed by atoms with E-state index in [1.165, 1.54) is 12.1 Å². The van der Waals surface area contributed by atoms with Crippen molar-refractivity contribution in [1.29, 1.82) is 0 Å². The number of carbonyl (C=O) groups excluding carboxylic acids is 2. The van der Waals surface area contributed by atoms with Gasteiger partial charge in [-0.3, -0.25) is 9.59 Å². The number of amides is 2. The molecule has 1 fully saturated rings. The van der Waals surface area contributed by atoms with Crippen molar-refractivity contribution in [3.05, 3.63) is 34.9 Å². The smallest absolute Gasteiger partial charge is 0.256 e. The monoisotopic (exact) mass is 330 g/mol. The van der Waals surface area contributed by atoms with Crippen LogP contribution in [0.1, 0.15) is 34.6 Å². The molecular formula is C17H19FN4O2. The van der Waals surface area contributed by atoms with Crippen molar-refractivity contribution in [2.75, 3.05) is 13.1 Å². The number of halogens is 1. The standard InChI is InChI=1S/C17H19FN4O2/c1-9-10(2)21-15-13(7-12(18)8-14(15)20-9)17(24)22-5-3-11(4-6-22)16(19)23/h7-8,11H,3-6H2,1-2H3,(H2,19,23). The van der Waals surface area contributed by atoms with Crippen molar-refractivity contribution in [2.45, 2.75) is 26.7 Å². The van der Waals surface area contributed by atoms with Crippen molar-refractivity contribution in [1.82, 2.24) is 14.9 Å². The predicted molar refractivity (Wildman–Crippen MR) is 86.8 cm³/mol. The van der Waals surface area contributed by atoms with Gasteiger partial charge in [-0.2, -0.15) is 0 Å². The second-order valence-corrected chi connectivity index (χ2v) is 6.18. The molecule has 6 nitrogen and oxygen atoms in total. The Bertz CT molecular complexity index is 829. The molecule has 2 aromatic rings. The molecule has 0 atom stereocenters. The van der Waals surface area contributed by atoms with Gasteiger partial charge in [0, 0.05) is 25.1 Å². The quantitative estimate of drug-likeness (QED) is 0.908. The van der Waals surface area contributed by atoms with Crippen LogP contribution in [-0.4, -0.2) is 39.8 Å². The molecule has 126 valence electrons. The number of carbonyl (C=O) groups is 2. The molecule has 2 heterocycles. The summed E-state index contributed by atoms with van der Waals surface area (Å²) < 4.78 is 13.9. The third kappa shape index (κ3) is 2.93. The zero-order valence-electron chi connectivity index (χ0n) is 13.7. The molecule has 2 amide bonds. The average molecular weight is 330 g/mol. The number of aromatic nitrogens is 2. The molecule has 1 saturated heterocycles. The Morgan fingerprint density at radius 2 is 1.79 bits per heavy atom. The summed E-state index contributed by atoms with van der Waals surface area (Å²) in [7, 11) is 0. The summed E-state index contributed by atoms with van der Waals surface area (Å²) in [6.07, 6.45) is 1.05. The lowest BCUT2D eigenvalue weighted by Gasteiger charge is -2.30. The molecule has 1 aliphatic heterocycles. The Labute approximate surface area is 138 Å². The van der Waals surface area contributed by atoms with Gasteiger partial charge < -0.3 is 10.6 Å². The Morgan fingerprint density at radius 3 is 2.42 bits per heavy atom. The fourth-order valence-corrected chi connectivity index (χ4v) is 3.00. The molecule has 2 N–H and O–H groups in total. The first kappa shape index (κ1) is 16.3.